The molecule has 0 fully saturated rings. The van der Waals surface area contributed by atoms with E-state index >= 15 is 0 Å². The van der Waals surface area contributed by atoms with Gasteiger partial charge in [0.1, 0.15) is 12.1 Å². The molecule has 0 aromatic heterocycles. The molecule has 31 heavy (non-hydrogen) atoms. The molecule has 2 rings (SSSR count). The summed E-state index contributed by atoms with van der Waals surface area (Å²) in [5.74, 6) is -1.98. The maximum Gasteiger partial charge on any atom is 0.416 e. The van der Waals surface area contributed by atoms with Crippen LogP contribution in [0.4, 0.5) is 13.2 Å². The first-order chi connectivity index (χ1) is 14.2. The van der Waals surface area contributed by atoms with Crippen molar-refractivity contribution in [1.29, 1.82) is 0 Å². The Labute approximate surface area is 193 Å². The number of rotatable bonds is 5. The van der Waals surface area contributed by atoms with Crippen LogP contribution < -0.4 is 5.32 Å². The molecule has 0 atom stereocenters. The van der Waals surface area contributed by atoms with Crippen molar-refractivity contribution in [3.63, 3.8) is 0 Å². The Morgan fingerprint density at radius 2 is 1.39 bits per heavy atom. The van der Waals surface area contributed by atoms with Gasteiger partial charge in [0.05, 0.1) is 5.56 Å². The number of alkyl halides is 3. The molecule has 0 saturated carbocycles. The van der Waals surface area contributed by atoms with Gasteiger partial charge in [-0.15, -0.1) is 0 Å². The maximum absolute atomic E-state index is 13.1. The van der Waals surface area contributed by atoms with Crippen LogP contribution in [-0.4, -0.2) is 29.8 Å². The SMILES string of the molecule is CC(C)(C)OC(=O)CNC(=O)c1cc(Br)cc(C(=O)c2cc(Br)cc(C(F)(F)F)c2)c1. The Hall–Kier alpha value is -2.20. The lowest BCUT2D eigenvalue weighted by atomic mass is 9.99. The standard InChI is InChI=1S/C21H18Br2F3NO4/c1-20(2,3)31-17(28)10-27-19(30)13-4-11(6-15(22)8-13)18(29)12-5-14(21(24,25)26)9-16(23)7-12/h4-9H,10H2,1-3H3,(H,27,30). The number of ether oxygens (including phenoxy) is 1. The molecule has 0 aliphatic heterocycles. The number of hydrogen-bond donors (Lipinski definition) is 1. The van der Waals surface area contributed by atoms with Gasteiger partial charge in [-0.05, 0) is 57.2 Å². The van der Waals surface area contributed by atoms with E-state index in [9.17, 15) is 27.6 Å². The Kier molecular flexibility index (Phi) is 7.70. The van der Waals surface area contributed by atoms with E-state index in [0.29, 0.717) is 4.47 Å². The first-order valence-corrected chi connectivity index (χ1v) is 10.5. The molecule has 0 aliphatic rings. The Balaban J connectivity index is 2.27. The predicted octanol–water partition coefficient (Wildman–Crippen LogP) is 5.53. The summed E-state index contributed by atoms with van der Waals surface area (Å²) in [5.41, 5.74) is -1.83. The fourth-order valence-electron chi connectivity index (χ4n) is 2.53. The minimum Gasteiger partial charge on any atom is -0.459 e. The largest absolute Gasteiger partial charge is 0.459 e. The van der Waals surface area contributed by atoms with Gasteiger partial charge in [0, 0.05) is 25.6 Å². The summed E-state index contributed by atoms with van der Waals surface area (Å²) in [5, 5.41) is 2.39. The molecular weight excluding hydrogens is 547 g/mol. The zero-order valence-electron chi connectivity index (χ0n) is 16.7. The molecule has 2 aromatic carbocycles. The molecule has 1 amide bonds. The number of hydrogen-bond acceptors (Lipinski definition) is 4. The van der Waals surface area contributed by atoms with Gasteiger partial charge in [-0.3, -0.25) is 14.4 Å². The van der Waals surface area contributed by atoms with E-state index in [0.717, 1.165) is 12.1 Å². The summed E-state index contributed by atoms with van der Waals surface area (Å²) in [6.07, 6.45) is -4.62. The molecule has 2 aromatic rings. The molecule has 10 heteroatoms. The monoisotopic (exact) mass is 563 g/mol. The normalized spacial score (nSPS) is 11.7. The highest BCUT2D eigenvalue weighted by Crippen LogP contribution is 2.32. The van der Waals surface area contributed by atoms with Gasteiger partial charge in [-0.2, -0.15) is 13.2 Å². The fraction of sp³-hybridized carbons (Fsp3) is 0.286. The van der Waals surface area contributed by atoms with Crippen LogP contribution in [0.15, 0.2) is 45.3 Å². The van der Waals surface area contributed by atoms with Crippen LogP contribution in [0.3, 0.4) is 0 Å². The third-order valence-corrected chi connectivity index (χ3v) is 4.64. The smallest absolute Gasteiger partial charge is 0.416 e. The zero-order chi connectivity index (χ0) is 23.6. The Morgan fingerprint density at radius 1 is 0.871 bits per heavy atom. The van der Waals surface area contributed by atoms with Gasteiger partial charge < -0.3 is 10.1 Å². The Bertz CT molecular complexity index is 1030. The molecule has 0 aliphatic carbocycles. The molecule has 0 radical (unpaired) electrons. The van der Waals surface area contributed by atoms with Crippen molar-refractivity contribution in [3.8, 4) is 0 Å². The summed E-state index contributed by atoms with van der Waals surface area (Å²) >= 11 is 6.17. The third-order valence-electron chi connectivity index (χ3n) is 3.72. The van der Waals surface area contributed by atoms with E-state index in [1.54, 1.807) is 20.8 Å². The molecular formula is C21H18Br2F3NO4. The number of carbonyl (C=O) groups is 3. The fourth-order valence-corrected chi connectivity index (χ4v) is 3.52. The summed E-state index contributed by atoms with van der Waals surface area (Å²) in [4.78, 5) is 37.0. The van der Waals surface area contributed by atoms with E-state index in [4.69, 9.17) is 4.74 Å². The molecule has 0 heterocycles. The van der Waals surface area contributed by atoms with Gasteiger partial charge >= 0.3 is 12.1 Å². The summed E-state index contributed by atoms with van der Waals surface area (Å²) in [6, 6.07) is 6.93. The molecule has 0 unspecified atom stereocenters. The maximum atomic E-state index is 13.1. The van der Waals surface area contributed by atoms with Crippen molar-refractivity contribution in [2.75, 3.05) is 6.54 Å². The number of carbonyl (C=O) groups excluding carboxylic acids is 3. The van der Waals surface area contributed by atoms with E-state index in [1.165, 1.54) is 24.3 Å². The number of halogens is 5. The predicted molar refractivity (Wildman–Crippen MR) is 115 cm³/mol. The van der Waals surface area contributed by atoms with Crippen LogP contribution in [0.1, 0.15) is 52.6 Å². The molecule has 5 nitrogen and oxygen atoms in total. The van der Waals surface area contributed by atoms with Gasteiger partial charge in [-0.25, -0.2) is 0 Å². The van der Waals surface area contributed by atoms with Crippen LogP contribution in [0.2, 0.25) is 0 Å². The van der Waals surface area contributed by atoms with E-state index in [-0.39, 0.29) is 27.7 Å². The van der Waals surface area contributed by atoms with E-state index in [2.05, 4.69) is 37.2 Å². The highest BCUT2D eigenvalue weighted by atomic mass is 79.9. The minimum absolute atomic E-state index is 0.00279. The van der Waals surface area contributed by atoms with Crippen molar-refractivity contribution >= 4 is 49.5 Å². The summed E-state index contributed by atoms with van der Waals surface area (Å²) in [6.45, 7) is 4.67. The lowest BCUT2D eigenvalue weighted by Crippen LogP contribution is -2.34. The second-order valence-electron chi connectivity index (χ2n) is 7.55. The average molecular weight is 565 g/mol. The number of amides is 1. The quantitative estimate of drug-likeness (QED) is 0.383. The van der Waals surface area contributed by atoms with Crippen LogP contribution in [0.5, 0.6) is 0 Å². The van der Waals surface area contributed by atoms with Gasteiger partial charge in [0.15, 0.2) is 5.78 Å². The molecule has 0 saturated heterocycles. The third kappa shape index (κ3) is 7.46. The van der Waals surface area contributed by atoms with Crippen molar-refractivity contribution < 1.29 is 32.3 Å². The van der Waals surface area contributed by atoms with Crippen LogP contribution in [-0.2, 0) is 15.7 Å². The highest BCUT2D eigenvalue weighted by Gasteiger charge is 2.32. The van der Waals surface area contributed by atoms with Crippen molar-refractivity contribution in [1.82, 2.24) is 5.32 Å². The number of nitrogens with one attached hydrogen (secondary N) is 1. The van der Waals surface area contributed by atoms with Crippen LogP contribution >= 0.6 is 31.9 Å². The molecule has 0 bridgehead atoms. The highest BCUT2D eigenvalue weighted by molar-refractivity contribution is 9.10. The molecule has 166 valence electrons. The lowest BCUT2D eigenvalue weighted by molar-refractivity contribution is -0.153. The van der Waals surface area contributed by atoms with Crippen LogP contribution in [0, 0.1) is 0 Å². The second kappa shape index (κ2) is 9.52. The van der Waals surface area contributed by atoms with Crippen molar-refractivity contribution in [3.05, 3.63) is 67.6 Å². The van der Waals surface area contributed by atoms with Crippen molar-refractivity contribution in [2.24, 2.45) is 0 Å². The molecule has 1 N–H and O–H groups in total. The number of ketones is 1. The topological polar surface area (TPSA) is 72.5 Å². The minimum atomic E-state index is -4.62. The first-order valence-electron chi connectivity index (χ1n) is 8.89. The second-order valence-corrected chi connectivity index (χ2v) is 9.38. The Morgan fingerprint density at radius 3 is 1.94 bits per heavy atom. The average Bonchev–Trinajstić information content (AvgIpc) is 2.62. The lowest BCUT2D eigenvalue weighted by Gasteiger charge is -2.19. The first kappa shape index (κ1) is 25.1. The number of benzene rings is 2. The van der Waals surface area contributed by atoms with Gasteiger partial charge in [0.2, 0.25) is 0 Å². The van der Waals surface area contributed by atoms with Gasteiger partial charge in [0.25, 0.3) is 5.91 Å². The summed E-state index contributed by atoms with van der Waals surface area (Å²) < 4.78 is 44.8. The van der Waals surface area contributed by atoms with Gasteiger partial charge in [-0.1, -0.05) is 31.9 Å². The molecule has 0 spiro atoms. The van der Waals surface area contributed by atoms with E-state index < -0.39 is 35.0 Å². The van der Waals surface area contributed by atoms with Crippen LogP contribution in [0.25, 0.3) is 0 Å². The van der Waals surface area contributed by atoms with E-state index in [1.807, 2.05) is 0 Å². The van der Waals surface area contributed by atoms with Crippen molar-refractivity contribution in [2.45, 2.75) is 32.5 Å². The summed E-state index contributed by atoms with van der Waals surface area (Å²) in [7, 11) is 0. The number of esters is 1. The zero-order valence-corrected chi connectivity index (χ0v) is 19.9.